The van der Waals surface area contributed by atoms with Crippen molar-refractivity contribution in [3.63, 3.8) is 0 Å². The first kappa shape index (κ1) is 52.9. The van der Waals surface area contributed by atoms with Crippen LogP contribution in [0.5, 0.6) is 0 Å². The highest BCUT2D eigenvalue weighted by Crippen LogP contribution is 2.34. The molecule has 0 amide bonds. The molecule has 410 valence electrons. The normalized spacial score (nSPS) is 11.7. The van der Waals surface area contributed by atoms with Gasteiger partial charge in [-0.15, -0.1) is 0 Å². The summed E-state index contributed by atoms with van der Waals surface area (Å²) < 4.78 is 2.34. The topological polar surface area (TPSA) is 30.7 Å². The van der Waals surface area contributed by atoms with Gasteiger partial charge in [-0.25, -0.2) is 9.97 Å². The molecule has 3 nitrogen and oxygen atoms in total. The number of hydrogen-bond acceptors (Lipinski definition) is 2. The zero-order valence-corrected chi connectivity index (χ0v) is 49.9. The van der Waals surface area contributed by atoms with Crippen LogP contribution < -0.4 is 41.5 Å². The van der Waals surface area contributed by atoms with Crippen LogP contribution in [-0.4, -0.2) is 30.7 Å². The van der Waals surface area contributed by atoms with E-state index in [4.69, 9.17) is 9.97 Å². The number of aromatic nitrogens is 3. The van der Waals surface area contributed by atoms with Crippen LogP contribution >= 0.6 is 0 Å². The van der Waals surface area contributed by atoms with Gasteiger partial charge in [-0.05, 0) is 87.0 Å². The molecule has 0 aliphatic rings. The molecule has 0 fully saturated rings. The quantitative estimate of drug-likeness (QED) is 0.0802. The minimum atomic E-state index is -3.51. The largest absolute Gasteiger partial charge is 0.294 e. The van der Waals surface area contributed by atoms with E-state index < -0.39 is 16.1 Å². The maximum atomic E-state index is 5.79. The first-order chi connectivity index (χ1) is 43.1. The Bertz CT molecular complexity index is 4730. The highest BCUT2D eigenvalue weighted by molar-refractivity contribution is 7.22. The highest BCUT2D eigenvalue weighted by Gasteiger charge is 2.46. The predicted octanol–water partition coefficient (Wildman–Crippen LogP) is 14.7. The third-order valence-electron chi connectivity index (χ3n) is 17.5. The van der Waals surface area contributed by atoms with Crippen molar-refractivity contribution in [2.45, 2.75) is 0 Å². The lowest BCUT2D eigenvalue weighted by Crippen LogP contribution is -2.78. The molecule has 0 saturated heterocycles. The summed E-state index contributed by atoms with van der Waals surface area (Å²) >= 11 is 0. The molecular formula is C82H59N3Si2. The van der Waals surface area contributed by atoms with Gasteiger partial charge < -0.3 is 0 Å². The maximum absolute atomic E-state index is 5.79. The number of fused-ring (bicyclic) bond motifs is 3. The smallest absolute Gasteiger partial charge is 0.179 e. The summed E-state index contributed by atoms with van der Waals surface area (Å²) in [6, 6.07) is 133. The Kier molecular flexibility index (Phi) is 14.0. The van der Waals surface area contributed by atoms with Crippen LogP contribution in [-0.2, 0) is 0 Å². The fourth-order valence-corrected chi connectivity index (χ4v) is 23.4. The van der Waals surface area contributed by atoms with Gasteiger partial charge in [0, 0.05) is 28.0 Å². The Balaban J connectivity index is 1.13. The molecule has 0 aliphatic heterocycles. The lowest BCUT2D eigenvalue weighted by Gasteiger charge is -2.39. The third kappa shape index (κ3) is 9.56. The van der Waals surface area contributed by atoms with E-state index in [1.165, 1.54) is 85.6 Å². The van der Waals surface area contributed by atoms with Crippen LogP contribution in [0.3, 0.4) is 0 Å². The molecule has 15 rings (SSSR count). The van der Waals surface area contributed by atoms with Crippen LogP contribution in [0.2, 0.25) is 0 Å². The van der Waals surface area contributed by atoms with Crippen LogP contribution in [0.1, 0.15) is 0 Å². The van der Waals surface area contributed by atoms with E-state index >= 15 is 0 Å². The summed E-state index contributed by atoms with van der Waals surface area (Å²) in [6.07, 6.45) is 0. The zero-order chi connectivity index (χ0) is 58.0. The molecule has 0 aliphatic carbocycles. The van der Waals surface area contributed by atoms with Gasteiger partial charge in [-0.1, -0.05) is 340 Å². The van der Waals surface area contributed by atoms with Gasteiger partial charge in [0.1, 0.15) is 5.82 Å². The molecule has 5 heteroatoms. The van der Waals surface area contributed by atoms with Crippen molar-refractivity contribution in [2.75, 3.05) is 0 Å². The Hall–Kier alpha value is -10.8. The molecule has 0 bridgehead atoms. The van der Waals surface area contributed by atoms with Crippen LogP contribution in [0, 0.1) is 0 Å². The number of nitrogens with zero attached hydrogens (tertiary/aromatic N) is 3. The summed E-state index contributed by atoms with van der Waals surface area (Å²) in [5, 5.41) is 12.5. The van der Waals surface area contributed by atoms with Crippen LogP contribution in [0.4, 0.5) is 0 Å². The van der Waals surface area contributed by atoms with Gasteiger partial charge >= 0.3 is 0 Å². The molecule has 0 unspecified atom stereocenters. The lowest BCUT2D eigenvalue weighted by molar-refractivity contribution is 1.05. The summed E-state index contributed by atoms with van der Waals surface area (Å²) in [5.74, 6) is 1.45. The van der Waals surface area contributed by atoms with E-state index in [-0.39, 0.29) is 0 Å². The van der Waals surface area contributed by atoms with Crippen molar-refractivity contribution in [3.8, 4) is 61.8 Å². The van der Waals surface area contributed by atoms with Gasteiger partial charge in [0.15, 0.2) is 22.0 Å². The molecule has 13 aromatic carbocycles. The second kappa shape index (κ2) is 23.0. The average Bonchev–Trinajstić information content (AvgIpc) is 1.38. The second-order valence-corrected chi connectivity index (χ2v) is 30.0. The molecule has 87 heavy (non-hydrogen) atoms. The van der Waals surface area contributed by atoms with E-state index in [9.17, 15) is 0 Å². The van der Waals surface area contributed by atoms with Crippen molar-refractivity contribution < 1.29 is 0 Å². The molecule has 0 N–H and O–H groups in total. The van der Waals surface area contributed by atoms with Crippen LogP contribution in [0.25, 0.3) is 83.6 Å². The van der Waals surface area contributed by atoms with Crippen molar-refractivity contribution in [1.29, 1.82) is 0 Å². The van der Waals surface area contributed by atoms with E-state index in [2.05, 4.69) is 362 Å². The Morgan fingerprint density at radius 3 is 0.897 bits per heavy atom. The molecule has 0 atom stereocenters. The minimum absolute atomic E-state index is 0.653. The van der Waals surface area contributed by atoms with Crippen molar-refractivity contribution in [2.24, 2.45) is 0 Å². The summed E-state index contributed by atoms with van der Waals surface area (Å²) in [7, 11) is -6.92. The predicted molar refractivity (Wildman–Crippen MR) is 371 cm³/mol. The molecule has 0 saturated carbocycles. The maximum Gasteiger partial charge on any atom is 0.179 e. The third-order valence-corrected chi connectivity index (χ3v) is 26.9. The number of benzene rings is 13. The van der Waals surface area contributed by atoms with E-state index in [1.807, 2.05) is 0 Å². The van der Waals surface area contributed by atoms with Gasteiger partial charge in [-0.2, -0.15) is 0 Å². The highest BCUT2D eigenvalue weighted by atomic mass is 28.3. The summed E-state index contributed by atoms with van der Waals surface area (Å²) in [5.41, 5.74) is 12.0. The van der Waals surface area contributed by atoms with Gasteiger partial charge in [0.2, 0.25) is 0 Å². The second-order valence-electron chi connectivity index (χ2n) is 22.4. The Morgan fingerprint density at radius 1 is 0.207 bits per heavy atom. The van der Waals surface area contributed by atoms with Gasteiger partial charge in [-0.3, -0.25) is 4.57 Å². The molecular weight excluding hydrogens is 1080 g/mol. The first-order valence-corrected chi connectivity index (χ1v) is 33.9. The van der Waals surface area contributed by atoms with Crippen LogP contribution in [0.15, 0.2) is 358 Å². The van der Waals surface area contributed by atoms with Gasteiger partial charge in [0.25, 0.3) is 0 Å². The molecule has 0 spiro atoms. The average molecular weight is 1140 g/mol. The van der Waals surface area contributed by atoms with Gasteiger partial charge in [0.05, 0.1) is 16.7 Å². The minimum Gasteiger partial charge on any atom is -0.294 e. The number of hydrogen-bond donors (Lipinski definition) is 0. The SMILES string of the molecule is c1ccc(-c2cccc([Si](c3ccccc3)(c3ccccc3)c3cc(-c4cc(-n5c6ccccc6c6ccccc65)nc(-c5ccccc5)n4)cc([Si](c4ccccc4)(c4cccc(-c5ccccc5)c4)c4cccc(-c5ccccc5)c4)c3)c2)cc1. The monoisotopic (exact) mass is 1140 g/mol. The molecule has 2 heterocycles. The summed E-state index contributed by atoms with van der Waals surface area (Å²) in [6.45, 7) is 0. The van der Waals surface area contributed by atoms with E-state index in [0.29, 0.717) is 5.82 Å². The number of rotatable bonds is 14. The first-order valence-electron chi connectivity index (χ1n) is 29.9. The number of para-hydroxylation sites is 2. The Labute approximate surface area is 510 Å². The molecule has 2 aromatic heterocycles. The Morgan fingerprint density at radius 2 is 0.506 bits per heavy atom. The van der Waals surface area contributed by atoms with Crippen molar-refractivity contribution in [3.05, 3.63) is 358 Å². The lowest BCUT2D eigenvalue weighted by atomic mass is 10.1. The fraction of sp³-hybridized carbons (Fsp3) is 0. The van der Waals surface area contributed by atoms with E-state index in [1.54, 1.807) is 0 Å². The van der Waals surface area contributed by atoms with E-state index in [0.717, 1.165) is 33.7 Å². The fourth-order valence-electron chi connectivity index (χ4n) is 13.5. The van der Waals surface area contributed by atoms with Crippen molar-refractivity contribution in [1.82, 2.24) is 14.5 Å². The van der Waals surface area contributed by atoms with Crippen molar-refractivity contribution >= 4 is 79.4 Å². The zero-order valence-electron chi connectivity index (χ0n) is 47.9. The molecule has 0 radical (unpaired) electrons. The standard InChI is InChI=1S/C82H59N3Si2/c1-8-29-60(30-9-1)64-37-26-46-71(53-64)86(68-40-16-5-17-41-68,69-42-18-6-19-43-69)74-56-67(78-59-81(84-82(83-78)63-35-14-4-15-36-63)85-79-51-24-22-49-76(79)77-50-23-25-52-80(77)85)57-75(58-74)87(70-44-20-7-21-45-70,72-47-27-38-65(54-72)61-31-10-2-11-32-61)73-48-28-39-66(55-73)62-33-12-3-13-34-62/h1-59H. The molecule has 15 aromatic rings. The summed E-state index contributed by atoms with van der Waals surface area (Å²) in [4.78, 5) is 11.4.